The molecule has 0 aromatic carbocycles. The molecule has 0 aliphatic heterocycles. The van der Waals surface area contributed by atoms with Crippen molar-refractivity contribution in [3.05, 3.63) is 0 Å². The van der Waals surface area contributed by atoms with Gasteiger partial charge in [-0.15, -0.1) is 0 Å². The van der Waals surface area contributed by atoms with Crippen LogP contribution in [-0.4, -0.2) is 28.8 Å². The molecule has 0 bridgehead atoms. The molecular formula is C12H27NO2Si. The Labute approximate surface area is 101 Å². The summed E-state index contributed by atoms with van der Waals surface area (Å²) in [5.41, 5.74) is 6.28. The standard InChI is InChI=1S/C12H27NO2Si/c1-14-16(3,15-2)10-9-12(13)11-7-5-4-6-8-11/h11-12H,4-10,13H2,1-3H3. The normalized spacial score (nSPS) is 21.0. The van der Waals surface area contributed by atoms with Crippen LogP contribution in [0, 0.1) is 5.92 Å². The minimum Gasteiger partial charge on any atom is -0.398 e. The van der Waals surface area contributed by atoms with Gasteiger partial charge in [0.05, 0.1) is 0 Å². The third-order valence-corrected chi connectivity index (χ3v) is 6.97. The van der Waals surface area contributed by atoms with Crippen LogP contribution in [0.25, 0.3) is 0 Å². The Bertz CT molecular complexity index is 191. The molecule has 0 amide bonds. The topological polar surface area (TPSA) is 44.5 Å². The molecule has 0 saturated heterocycles. The zero-order valence-electron chi connectivity index (χ0n) is 11.0. The molecule has 1 fully saturated rings. The van der Waals surface area contributed by atoms with Crippen LogP contribution >= 0.6 is 0 Å². The van der Waals surface area contributed by atoms with E-state index in [0.29, 0.717) is 6.04 Å². The smallest absolute Gasteiger partial charge is 0.334 e. The summed E-state index contributed by atoms with van der Waals surface area (Å²) in [5.74, 6) is 0.737. The van der Waals surface area contributed by atoms with Crippen LogP contribution < -0.4 is 5.73 Å². The molecule has 0 aromatic rings. The Morgan fingerprint density at radius 3 is 2.25 bits per heavy atom. The van der Waals surface area contributed by atoms with E-state index >= 15 is 0 Å². The van der Waals surface area contributed by atoms with E-state index in [1.165, 1.54) is 32.1 Å². The zero-order valence-corrected chi connectivity index (χ0v) is 12.0. The van der Waals surface area contributed by atoms with Crippen LogP contribution in [0.15, 0.2) is 0 Å². The molecule has 0 aromatic heterocycles. The van der Waals surface area contributed by atoms with Crippen molar-refractivity contribution < 1.29 is 8.85 Å². The third-order valence-electron chi connectivity index (χ3n) is 4.05. The molecule has 1 aliphatic rings. The average molecular weight is 245 g/mol. The Kier molecular flexibility index (Phi) is 5.96. The molecule has 3 nitrogen and oxygen atoms in total. The van der Waals surface area contributed by atoms with Gasteiger partial charge in [0.15, 0.2) is 0 Å². The fraction of sp³-hybridized carbons (Fsp3) is 1.00. The van der Waals surface area contributed by atoms with Crippen molar-refractivity contribution in [2.45, 2.75) is 57.2 Å². The largest absolute Gasteiger partial charge is 0.398 e. The molecule has 4 heteroatoms. The van der Waals surface area contributed by atoms with Gasteiger partial charge in [-0.05, 0) is 37.8 Å². The van der Waals surface area contributed by atoms with E-state index in [1.54, 1.807) is 14.2 Å². The average Bonchev–Trinajstić information content (AvgIpc) is 2.36. The SMILES string of the molecule is CO[Si](C)(CCC(N)C1CCCCC1)OC. The molecule has 0 spiro atoms. The Morgan fingerprint density at radius 2 is 1.75 bits per heavy atom. The second kappa shape index (κ2) is 6.74. The zero-order chi connectivity index (χ0) is 12.0. The van der Waals surface area contributed by atoms with Gasteiger partial charge in [0.2, 0.25) is 0 Å². The predicted octanol–water partition coefficient (Wildman–Crippen LogP) is 2.65. The highest BCUT2D eigenvalue weighted by Crippen LogP contribution is 2.28. The first-order valence-corrected chi connectivity index (χ1v) is 8.99. The van der Waals surface area contributed by atoms with Crippen LogP contribution in [0.5, 0.6) is 0 Å². The third kappa shape index (κ3) is 4.16. The fourth-order valence-corrected chi connectivity index (χ4v) is 3.95. The summed E-state index contributed by atoms with van der Waals surface area (Å²) in [6, 6.07) is 1.36. The number of nitrogens with two attached hydrogens (primary N) is 1. The molecule has 1 unspecified atom stereocenters. The molecule has 96 valence electrons. The lowest BCUT2D eigenvalue weighted by molar-refractivity contribution is 0.240. The van der Waals surface area contributed by atoms with Gasteiger partial charge in [-0.25, -0.2) is 0 Å². The summed E-state index contributed by atoms with van der Waals surface area (Å²) in [6.45, 7) is 2.11. The molecule has 2 N–H and O–H groups in total. The Morgan fingerprint density at radius 1 is 1.19 bits per heavy atom. The number of hydrogen-bond acceptors (Lipinski definition) is 3. The first-order valence-electron chi connectivity index (χ1n) is 6.47. The van der Waals surface area contributed by atoms with E-state index < -0.39 is 8.56 Å². The Balaban J connectivity index is 2.30. The van der Waals surface area contributed by atoms with Crippen molar-refractivity contribution in [2.24, 2.45) is 11.7 Å². The van der Waals surface area contributed by atoms with Crippen LogP contribution in [0.4, 0.5) is 0 Å². The summed E-state index contributed by atoms with van der Waals surface area (Å²) in [4.78, 5) is 0. The summed E-state index contributed by atoms with van der Waals surface area (Å²) in [6.07, 6.45) is 7.81. The van der Waals surface area contributed by atoms with Crippen LogP contribution in [0.2, 0.25) is 12.6 Å². The van der Waals surface area contributed by atoms with Gasteiger partial charge in [-0.2, -0.15) is 0 Å². The molecule has 1 rings (SSSR count). The highest BCUT2D eigenvalue weighted by molar-refractivity contribution is 6.65. The molecule has 1 atom stereocenters. The van der Waals surface area contributed by atoms with Gasteiger partial charge in [0.25, 0.3) is 0 Å². The predicted molar refractivity (Wildman–Crippen MR) is 69.6 cm³/mol. The molecule has 0 heterocycles. The van der Waals surface area contributed by atoms with Crippen LogP contribution in [0.3, 0.4) is 0 Å². The van der Waals surface area contributed by atoms with E-state index in [1.807, 2.05) is 0 Å². The van der Waals surface area contributed by atoms with Crippen molar-refractivity contribution in [3.63, 3.8) is 0 Å². The fourth-order valence-electron chi connectivity index (χ4n) is 2.51. The van der Waals surface area contributed by atoms with Gasteiger partial charge in [0.1, 0.15) is 0 Å². The first-order chi connectivity index (χ1) is 7.61. The minimum atomic E-state index is -1.90. The monoisotopic (exact) mass is 245 g/mol. The van der Waals surface area contributed by atoms with E-state index in [4.69, 9.17) is 14.6 Å². The summed E-state index contributed by atoms with van der Waals surface area (Å²) in [5, 5.41) is 0. The highest BCUT2D eigenvalue weighted by Gasteiger charge is 2.30. The maximum atomic E-state index is 6.28. The van der Waals surface area contributed by atoms with Gasteiger partial charge >= 0.3 is 8.56 Å². The van der Waals surface area contributed by atoms with E-state index in [2.05, 4.69) is 6.55 Å². The lowest BCUT2D eigenvalue weighted by Crippen LogP contribution is -2.40. The van der Waals surface area contributed by atoms with E-state index in [-0.39, 0.29) is 0 Å². The van der Waals surface area contributed by atoms with E-state index in [0.717, 1.165) is 18.4 Å². The van der Waals surface area contributed by atoms with Gasteiger partial charge < -0.3 is 14.6 Å². The molecule has 1 saturated carbocycles. The molecule has 0 radical (unpaired) electrons. The van der Waals surface area contributed by atoms with Gasteiger partial charge in [-0.1, -0.05) is 19.3 Å². The van der Waals surface area contributed by atoms with Crippen LogP contribution in [-0.2, 0) is 8.85 Å². The molecule has 16 heavy (non-hydrogen) atoms. The maximum Gasteiger partial charge on any atom is 0.334 e. The lowest BCUT2D eigenvalue weighted by atomic mass is 9.83. The van der Waals surface area contributed by atoms with E-state index in [9.17, 15) is 0 Å². The van der Waals surface area contributed by atoms with Gasteiger partial charge in [-0.3, -0.25) is 0 Å². The second-order valence-corrected chi connectivity index (χ2v) is 8.73. The summed E-state index contributed by atoms with van der Waals surface area (Å²) in [7, 11) is 1.60. The van der Waals surface area contributed by atoms with Crippen molar-refractivity contribution in [2.75, 3.05) is 14.2 Å². The summed E-state index contributed by atoms with van der Waals surface area (Å²) < 4.78 is 11.0. The van der Waals surface area contributed by atoms with Crippen molar-refractivity contribution in [1.29, 1.82) is 0 Å². The van der Waals surface area contributed by atoms with Gasteiger partial charge in [0, 0.05) is 20.3 Å². The second-order valence-electron chi connectivity index (χ2n) is 5.14. The molecule has 1 aliphatic carbocycles. The summed E-state index contributed by atoms with van der Waals surface area (Å²) >= 11 is 0. The van der Waals surface area contributed by atoms with Crippen molar-refractivity contribution >= 4 is 8.56 Å². The maximum absolute atomic E-state index is 6.28. The highest BCUT2D eigenvalue weighted by atomic mass is 28.4. The van der Waals surface area contributed by atoms with Crippen molar-refractivity contribution in [1.82, 2.24) is 0 Å². The molecular weight excluding hydrogens is 218 g/mol. The first kappa shape index (κ1) is 14.2. The van der Waals surface area contributed by atoms with Crippen molar-refractivity contribution in [3.8, 4) is 0 Å². The lowest BCUT2D eigenvalue weighted by Gasteiger charge is -2.30. The number of rotatable bonds is 6. The van der Waals surface area contributed by atoms with Crippen LogP contribution in [0.1, 0.15) is 38.5 Å². The minimum absolute atomic E-state index is 0.345. The number of hydrogen-bond donors (Lipinski definition) is 1. The Hall–Kier alpha value is 0.0969. The quantitative estimate of drug-likeness (QED) is 0.732.